The van der Waals surface area contributed by atoms with Crippen LogP contribution in [0.2, 0.25) is 0 Å². The quantitative estimate of drug-likeness (QED) is 0.804. The van der Waals surface area contributed by atoms with Crippen LogP contribution in [0.25, 0.3) is 22.2 Å². The molecule has 2 heterocycles. The lowest BCUT2D eigenvalue weighted by Gasteiger charge is -2.11. The number of carbonyl (C=O) groups is 1. The van der Waals surface area contributed by atoms with Crippen molar-refractivity contribution in [3.05, 3.63) is 53.6 Å². The number of aryl methyl sites for hydroxylation is 2. The van der Waals surface area contributed by atoms with E-state index in [-0.39, 0.29) is 11.7 Å². The van der Waals surface area contributed by atoms with E-state index in [2.05, 4.69) is 4.98 Å². The van der Waals surface area contributed by atoms with Crippen LogP contribution in [0.4, 0.5) is 4.39 Å². The number of benzene rings is 1. The normalized spacial score (nSPS) is 15.6. The number of hydrogen-bond acceptors (Lipinski definition) is 2. The molecule has 1 aliphatic carbocycles. The van der Waals surface area contributed by atoms with Crippen LogP contribution in [-0.4, -0.2) is 15.5 Å². The number of rotatable bonds is 3. The summed E-state index contributed by atoms with van der Waals surface area (Å²) in [5.41, 5.74) is 8.62. The maximum atomic E-state index is 15.0. The van der Waals surface area contributed by atoms with Gasteiger partial charge >= 0.3 is 0 Å². The maximum Gasteiger partial charge on any atom is 0.229 e. The smallest absolute Gasteiger partial charge is 0.229 e. The van der Waals surface area contributed by atoms with Gasteiger partial charge < -0.3 is 10.3 Å². The van der Waals surface area contributed by atoms with Crippen LogP contribution in [-0.2, 0) is 17.3 Å². The highest BCUT2D eigenvalue weighted by molar-refractivity contribution is 5.92. The molecule has 122 valence electrons. The Labute approximate surface area is 139 Å². The molecular weight excluding hydrogens is 305 g/mol. The molecule has 5 heteroatoms. The summed E-state index contributed by atoms with van der Waals surface area (Å²) in [5, 5.41) is 0.458. The zero-order valence-corrected chi connectivity index (χ0v) is 13.6. The molecule has 1 aromatic carbocycles. The Kier molecular flexibility index (Phi) is 3.04. The summed E-state index contributed by atoms with van der Waals surface area (Å²) in [6.45, 7) is 1.96. The fourth-order valence-corrected chi connectivity index (χ4v) is 3.44. The summed E-state index contributed by atoms with van der Waals surface area (Å²) < 4.78 is 16.8. The fraction of sp³-hybridized carbons (Fsp3) is 0.263. The van der Waals surface area contributed by atoms with E-state index in [1.165, 1.54) is 6.20 Å². The van der Waals surface area contributed by atoms with Gasteiger partial charge in [-0.3, -0.25) is 9.78 Å². The second kappa shape index (κ2) is 4.90. The van der Waals surface area contributed by atoms with E-state index in [1.807, 2.05) is 42.8 Å². The summed E-state index contributed by atoms with van der Waals surface area (Å²) in [6.07, 6.45) is 2.93. The molecule has 0 aliphatic heterocycles. The third-order valence-corrected chi connectivity index (χ3v) is 5.14. The molecule has 1 fully saturated rings. The van der Waals surface area contributed by atoms with Gasteiger partial charge in [-0.2, -0.15) is 0 Å². The standard InChI is InChI=1S/C19H18FN3O/c1-11-5-3-4-6-12(11)17-16(20)13-10-22-15(9-14(13)23(17)2)19(7-8-19)18(21)24/h3-6,9-10H,7-8H2,1-2H3,(H2,21,24). The number of primary amides is 1. The lowest BCUT2D eigenvalue weighted by Crippen LogP contribution is -2.29. The first kappa shape index (κ1) is 14.9. The number of fused-ring (bicyclic) bond motifs is 1. The second-order valence-corrected chi connectivity index (χ2v) is 6.57. The van der Waals surface area contributed by atoms with E-state index in [0.717, 1.165) is 16.6 Å². The van der Waals surface area contributed by atoms with Crippen LogP contribution in [0.1, 0.15) is 24.1 Å². The second-order valence-electron chi connectivity index (χ2n) is 6.57. The Morgan fingerprint density at radius 3 is 2.67 bits per heavy atom. The van der Waals surface area contributed by atoms with Crippen LogP contribution in [0, 0.1) is 12.7 Å². The van der Waals surface area contributed by atoms with Gasteiger partial charge in [0.25, 0.3) is 0 Å². The van der Waals surface area contributed by atoms with Crippen LogP contribution < -0.4 is 5.73 Å². The third kappa shape index (κ3) is 1.90. The lowest BCUT2D eigenvalue weighted by molar-refractivity contribution is -0.120. The molecule has 4 rings (SSSR count). The Hall–Kier alpha value is -2.69. The summed E-state index contributed by atoms with van der Waals surface area (Å²) in [4.78, 5) is 16.1. The number of nitrogens with two attached hydrogens (primary N) is 1. The highest BCUT2D eigenvalue weighted by Crippen LogP contribution is 2.48. The molecule has 1 aliphatic rings. The van der Waals surface area contributed by atoms with Crippen LogP contribution in [0.5, 0.6) is 0 Å². The number of hydrogen-bond donors (Lipinski definition) is 1. The average molecular weight is 323 g/mol. The predicted molar refractivity (Wildman–Crippen MR) is 91.0 cm³/mol. The molecule has 4 nitrogen and oxygen atoms in total. The molecule has 3 aromatic rings. The summed E-state index contributed by atoms with van der Waals surface area (Å²) >= 11 is 0. The molecule has 2 N–H and O–H groups in total. The van der Waals surface area contributed by atoms with Gasteiger partial charge in [-0.1, -0.05) is 24.3 Å². The van der Waals surface area contributed by atoms with Crippen molar-refractivity contribution in [2.75, 3.05) is 0 Å². The molecule has 24 heavy (non-hydrogen) atoms. The van der Waals surface area contributed by atoms with Crippen molar-refractivity contribution in [2.45, 2.75) is 25.2 Å². The van der Waals surface area contributed by atoms with E-state index < -0.39 is 5.41 Å². The zero-order valence-electron chi connectivity index (χ0n) is 13.6. The highest BCUT2D eigenvalue weighted by Gasteiger charge is 2.51. The van der Waals surface area contributed by atoms with Crippen molar-refractivity contribution >= 4 is 16.8 Å². The molecular formula is C19H18FN3O. The van der Waals surface area contributed by atoms with E-state index in [4.69, 9.17) is 5.73 Å². The van der Waals surface area contributed by atoms with Crippen molar-refractivity contribution in [1.82, 2.24) is 9.55 Å². The molecule has 1 saturated carbocycles. The van der Waals surface area contributed by atoms with Gasteiger partial charge in [0.05, 0.1) is 27.7 Å². The van der Waals surface area contributed by atoms with Crippen molar-refractivity contribution < 1.29 is 9.18 Å². The van der Waals surface area contributed by atoms with Crippen molar-refractivity contribution in [1.29, 1.82) is 0 Å². The van der Waals surface area contributed by atoms with Crippen molar-refractivity contribution in [2.24, 2.45) is 12.8 Å². The van der Waals surface area contributed by atoms with Crippen molar-refractivity contribution in [3.63, 3.8) is 0 Å². The lowest BCUT2D eigenvalue weighted by atomic mass is 10.0. The van der Waals surface area contributed by atoms with Crippen LogP contribution >= 0.6 is 0 Å². The Morgan fingerprint density at radius 2 is 2.04 bits per heavy atom. The highest BCUT2D eigenvalue weighted by atomic mass is 19.1. The monoisotopic (exact) mass is 323 g/mol. The maximum absolute atomic E-state index is 15.0. The van der Waals surface area contributed by atoms with E-state index >= 15 is 4.39 Å². The molecule has 2 aromatic heterocycles. The fourth-order valence-electron chi connectivity index (χ4n) is 3.44. The number of halogens is 1. The third-order valence-electron chi connectivity index (χ3n) is 5.14. The zero-order chi connectivity index (χ0) is 17.1. The first-order chi connectivity index (χ1) is 11.5. The number of amides is 1. The van der Waals surface area contributed by atoms with E-state index in [0.29, 0.717) is 29.6 Å². The number of carbonyl (C=O) groups excluding carboxylic acids is 1. The molecule has 0 spiro atoms. The summed E-state index contributed by atoms with van der Waals surface area (Å²) in [6, 6.07) is 9.51. The van der Waals surface area contributed by atoms with E-state index in [1.54, 1.807) is 6.07 Å². The van der Waals surface area contributed by atoms with Crippen molar-refractivity contribution in [3.8, 4) is 11.3 Å². The van der Waals surface area contributed by atoms with Gasteiger partial charge in [0.15, 0.2) is 5.82 Å². The van der Waals surface area contributed by atoms with Gasteiger partial charge in [0.1, 0.15) is 0 Å². The first-order valence-corrected chi connectivity index (χ1v) is 7.96. The molecule has 0 unspecified atom stereocenters. The minimum atomic E-state index is -0.669. The summed E-state index contributed by atoms with van der Waals surface area (Å²) in [7, 11) is 1.83. The van der Waals surface area contributed by atoms with Gasteiger partial charge in [-0.25, -0.2) is 4.39 Å². The molecule has 0 radical (unpaired) electrons. The molecule has 0 atom stereocenters. The first-order valence-electron chi connectivity index (χ1n) is 7.96. The predicted octanol–water partition coefficient (Wildman–Crippen LogP) is 3.20. The minimum absolute atomic E-state index is 0.287. The van der Waals surface area contributed by atoms with Gasteiger partial charge in [0.2, 0.25) is 5.91 Å². The number of nitrogens with zero attached hydrogens (tertiary/aromatic N) is 2. The number of aromatic nitrogens is 2. The summed E-state index contributed by atoms with van der Waals surface area (Å²) in [5.74, 6) is -0.645. The number of pyridine rings is 1. The largest absolute Gasteiger partial charge is 0.369 e. The average Bonchev–Trinajstić information content (AvgIpc) is 3.34. The van der Waals surface area contributed by atoms with Crippen LogP contribution in [0.15, 0.2) is 36.5 Å². The SMILES string of the molecule is Cc1ccccc1-c1c(F)c2cnc(C3(C(N)=O)CC3)cc2n1C. The molecule has 1 amide bonds. The Balaban J connectivity index is 1.96. The van der Waals surface area contributed by atoms with Crippen LogP contribution in [0.3, 0.4) is 0 Å². The van der Waals surface area contributed by atoms with Gasteiger partial charge in [-0.15, -0.1) is 0 Å². The Bertz CT molecular complexity index is 986. The van der Waals surface area contributed by atoms with Gasteiger partial charge in [-0.05, 0) is 31.4 Å². The van der Waals surface area contributed by atoms with E-state index in [9.17, 15) is 4.79 Å². The Morgan fingerprint density at radius 1 is 1.33 bits per heavy atom. The van der Waals surface area contributed by atoms with Gasteiger partial charge in [0, 0.05) is 18.8 Å². The molecule has 0 saturated heterocycles. The minimum Gasteiger partial charge on any atom is -0.369 e. The topological polar surface area (TPSA) is 60.9 Å². The molecule has 0 bridgehead atoms.